The van der Waals surface area contributed by atoms with E-state index in [0.717, 1.165) is 31.3 Å². The summed E-state index contributed by atoms with van der Waals surface area (Å²) in [5, 5.41) is 9.24. The van der Waals surface area contributed by atoms with Crippen molar-refractivity contribution in [2.24, 2.45) is 5.41 Å². The van der Waals surface area contributed by atoms with Crippen LogP contribution in [0.25, 0.3) is 0 Å². The quantitative estimate of drug-likeness (QED) is 0.319. The number of likely N-dealkylation sites (N-methyl/N-ethyl adjacent to an activating group) is 1. The molecule has 3 N–H and O–H groups in total. The Morgan fingerprint density at radius 1 is 1.08 bits per heavy atom. The van der Waals surface area contributed by atoms with Crippen LogP contribution in [0.3, 0.4) is 0 Å². The van der Waals surface area contributed by atoms with Crippen molar-refractivity contribution < 1.29 is 18.8 Å². The molecule has 1 saturated heterocycles. The van der Waals surface area contributed by atoms with E-state index in [4.69, 9.17) is 28.0 Å². The fraction of sp³-hybridized carbons (Fsp3) is 0.483. The Morgan fingerprint density at radius 3 is 2.18 bits per heavy atom. The van der Waals surface area contributed by atoms with Gasteiger partial charge in [0.2, 0.25) is 12.8 Å². The lowest BCUT2D eigenvalue weighted by molar-refractivity contribution is -0.111. The molecule has 39 heavy (non-hydrogen) atoms. The van der Waals surface area contributed by atoms with Crippen LogP contribution in [0.15, 0.2) is 36.4 Å². The van der Waals surface area contributed by atoms with Gasteiger partial charge >= 0.3 is 0 Å². The van der Waals surface area contributed by atoms with E-state index in [-0.39, 0.29) is 16.8 Å². The number of halogens is 3. The van der Waals surface area contributed by atoms with E-state index in [0.29, 0.717) is 47.2 Å². The first-order valence-electron chi connectivity index (χ1n) is 12.7. The molecule has 1 aliphatic heterocycles. The highest BCUT2D eigenvalue weighted by Crippen LogP contribution is 2.25. The highest BCUT2D eigenvalue weighted by Gasteiger charge is 2.21. The first kappa shape index (κ1) is 36.5. The van der Waals surface area contributed by atoms with Crippen molar-refractivity contribution >= 4 is 48.0 Å². The summed E-state index contributed by atoms with van der Waals surface area (Å²) in [6.45, 7) is 15.2. The number of carbonyl (C=O) groups excluding carboxylic acids is 3. The first-order valence-corrected chi connectivity index (χ1v) is 13.4. The summed E-state index contributed by atoms with van der Waals surface area (Å²) in [4.78, 5) is 31.4. The van der Waals surface area contributed by atoms with Crippen LogP contribution in [0.1, 0.15) is 58.6 Å². The molecule has 3 rings (SSSR count). The van der Waals surface area contributed by atoms with Crippen LogP contribution in [-0.4, -0.2) is 56.7 Å². The van der Waals surface area contributed by atoms with Gasteiger partial charge in [-0.15, -0.1) is 0 Å². The molecule has 1 atom stereocenters. The molecule has 0 radical (unpaired) electrons. The third-order valence-electron chi connectivity index (χ3n) is 4.93. The standard InChI is InChI=1S/C17H17Cl2FN2O.C5H10N2O.C5H12.C2H4O/c1-11(14-3-2-4-15(19)17(14)20)8-21-9-12-5-6-13(18)7-16(12)22-10-23;1-7-2-5(3-7)6-4-8;1-5(2,3)4;1-2-3/h2-7,10-11,21H,8-9H2,1H3,(H,22,23);4-5H,2-3H2,1H3,(H,6,8);1-4H3;2H,1H3. The van der Waals surface area contributed by atoms with Gasteiger partial charge in [-0.1, -0.05) is 76.0 Å². The maximum atomic E-state index is 14.0. The second-order valence-corrected chi connectivity index (χ2v) is 11.5. The lowest BCUT2D eigenvalue weighted by atomic mass is 10.0. The average Bonchev–Trinajstić information content (AvgIpc) is 2.81. The minimum atomic E-state index is -0.377. The minimum Gasteiger partial charge on any atom is -0.353 e. The Morgan fingerprint density at radius 2 is 1.67 bits per heavy atom. The van der Waals surface area contributed by atoms with Crippen LogP contribution in [0, 0.1) is 11.2 Å². The zero-order valence-corrected chi connectivity index (χ0v) is 25.5. The van der Waals surface area contributed by atoms with E-state index in [1.54, 1.807) is 24.3 Å². The van der Waals surface area contributed by atoms with Crippen LogP contribution in [0.2, 0.25) is 10.0 Å². The molecule has 218 valence electrons. The number of nitrogens with zero attached hydrogens (tertiary/aromatic N) is 1. The van der Waals surface area contributed by atoms with Gasteiger partial charge in [-0.25, -0.2) is 4.39 Å². The summed E-state index contributed by atoms with van der Waals surface area (Å²) in [6.07, 6.45) is 2.12. The molecule has 1 fully saturated rings. The number of benzene rings is 2. The summed E-state index contributed by atoms with van der Waals surface area (Å²) in [5.74, 6) is -0.415. The second-order valence-electron chi connectivity index (χ2n) is 10.7. The molecule has 0 bridgehead atoms. The van der Waals surface area contributed by atoms with Gasteiger partial charge in [0.15, 0.2) is 0 Å². The minimum absolute atomic E-state index is 0.0384. The van der Waals surface area contributed by atoms with Crippen molar-refractivity contribution in [2.45, 2.75) is 60.0 Å². The number of amides is 2. The number of nitrogens with one attached hydrogen (secondary N) is 3. The normalized spacial score (nSPS) is 13.5. The summed E-state index contributed by atoms with van der Waals surface area (Å²) in [6, 6.07) is 10.7. The second kappa shape index (κ2) is 19.5. The molecule has 2 amide bonds. The fourth-order valence-electron chi connectivity index (χ4n) is 3.24. The van der Waals surface area contributed by atoms with Crippen LogP contribution < -0.4 is 16.0 Å². The number of anilines is 1. The van der Waals surface area contributed by atoms with Crippen LogP contribution in [0.5, 0.6) is 0 Å². The predicted octanol–water partition coefficient (Wildman–Crippen LogP) is 5.90. The van der Waals surface area contributed by atoms with E-state index in [1.807, 2.05) is 20.0 Å². The Labute approximate surface area is 242 Å². The molecule has 1 aliphatic rings. The van der Waals surface area contributed by atoms with E-state index in [1.165, 1.54) is 13.0 Å². The Balaban J connectivity index is 0.000000734. The van der Waals surface area contributed by atoms with E-state index < -0.39 is 0 Å². The number of likely N-dealkylation sites (tertiary alicyclic amines) is 1. The van der Waals surface area contributed by atoms with Gasteiger partial charge in [-0.05, 0) is 54.6 Å². The van der Waals surface area contributed by atoms with Gasteiger partial charge in [0.25, 0.3) is 0 Å². The van der Waals surface area contributed by atoms with Crippen molar-refractivity contribution in [3.05, 3.63) is 63.4 Å². The maximum absolute atomic E-state index is 14.0. The average molecular weight is 586 g/mol. The molecule has 10 heteroatoms. The number of hydrogen-bond acceptors (Lipinski definition) is 5. The summed E-state index contributed by atoms with van der Waals surface area (Å²) in [5.41, 5.74) is 2.63. The van der Waals surface area contributed by atoms with Crippen molar-refractivity contribution in [1.29, 1.82) is 0 Å². The molecule has 2 aromatic carbocycles. The van der Waals surface area contributed by atoms with Crippen molar-refractivity contribution in [2.75, 3.05) is 32.0 Å². The summed E-state index contributed by atoms with van der Waals surface area (Å²) in [7, 11) is 2.03. The molecule has 7 nitrogen and oxygen atoms in total. The molecule has 1 unspecified atom stereocenters. The molecule has 0 aromatic heterocycles. The van der Waals surface area contributed by atoms with Gasteiger partial charge < -0.3 is 25.6 Å². The lowest BCUT2D eigenvalue weighted by Gasteiger charge is -2.35. The SMILES string of the molecule is CC(C)(C)C.CC(CNCc1ccc(Cl)cc1NC=O)c1cccc(Cl)c1F.CC=O.CN1CC(NC=O)C1. The maximum Gasteiger partial charge on any atom is 0.211 e. The van der Waals surface area contributed by atoms with Gasteiger partial charge in [-0.2, -0.15) is 0 Å². The first-order chi connectivity index (χ1) is 18.3. The van der Waals surface area contributed by atoms with E-state index in [9.17, 15) is 14.0 Å². The fourth-order valence-corrected chi connectivity index (χ4v) is 3.59. The molecule has 1 heterocycles. The molecule has 0 aliphatic carbocycles. The number of carbonyl (C=O) groups is 3. The Bertz CT molecular complexity index is 1010. The zero-order valence-electron chi connectivity index (χ0n) is 24.0. The molecular formula is C29H43Cl2FN4O3. The van der Waals surface area contributed by atoms with Crippen LogP contribution in [0.4, 0.5) is 10.1 Å². The van der Waals surface area contributed by atoms with Crippen molar-refractivity contribution in [3.63, 3.8) is 0 Å². The topological polar surface area (TPSA) is 90.5 Å². The van der Waals surface area contributed by atoms with Gasteiger partial charge in [0, 0.05) is 36.9 Å². The number of hydrogen-bond donors (Lipinski definition) is 3. The molecule has 0 spiro atoms. The Kier molecular flexibility index (Phi) is 18.3. The zero-order chi connectivity index (χ0) is 30.0. The summed E-state index contributed by atoms with van der Waals surface area (Å²) >= 11 is 11.7. The predicted molar refractivity (Wildman–Crippen MR) is 160 cm³/mol. The number of rotatable bonds is 9. The summed E-state index contributed by atoms with van der Waals surface area (Å²) < 4.78 is 14.0. The van der Waals surface area contributed by atoms with E-state index in [2.05, 4.69) is 48.5 Å². The Hall–Kier alpha value is -2.52. The molecule has 0 saturated carbocycles. The third-order valence-corrected chi connectivity index (χ3v) is 5.46. The molecule has 2 aromatic rings. The van der Waals surface area contributed by atoms with Crippen molar-refractivity contribution in [3.8, 4) is 0 Å². The third kappa shape index (κ3) is 16.9. The largest absolute Gasteiger partial charge is 0.353 e. The number of aldehydes is 1. The molecular weight excluding hydrogens is 542 g/mol. The van der Waals surface area contributed by atoms with Crippen LogP contribution >= 0.6 is 23.2 Å². The van der Waals surface area contributed by atoms with Crippen molar-refractivity contribution in [1.82, 2.24) is 15.5 Å². The smallest absolute Gasteiger partial charge is 0.211 e. The van der Waals surface area contributed by atoms with Gasteiger partial charge in [-0.3, -0.25) is 9.59 Å². The van der Waals surface area contributed by atoms with Crippen LogP contribution in [-0.2, 0) is 20.9 Å². The highest BCUT2D eigenvalue weighted by atomic mass is 35.5. The van der Waals surface area contributed by atoms with Gasteiger partial charge in [0.05, 0.1) is 11.1 Å². The van der Waals surface area contributed by atoms with E-state index >= 15 is 0 Å². The monoisotopic (exact) mass is 584 g/mol. The van der Waals surface area contributed by atoms with Gasteiger partial charge in [0.1, 0.15) is 12.1 Å². The highest BCUT2D eigenvalue weighted by molar-refractivity contribution is 6.31. The lowest BCUT2D eigenvalue weighted by Crippen LogP contribution is -2.55.